The molecule has 2 fully saturated rings. The highest BCUT2D eigenvalue weighted by Gasteiger charge is 2.27. The van der Waals surface area contributed by atoms with Crippen LogP contribution in [0.15, 0.2) is 4.79 Å². The normalized spacial score (nSPS) is 20.7. The standard InChI is InChI=1S/C19H25N5OS2/c25-17-16-13-3-1-2-4-14(13)27-18(16)22-15(21-17)11-23-7-9-24(10-8-23)19(26)20-12-5-6-12/h12H,1-11H2,(H,20,26)(H,21,22,25)/p+1. The summed E-state index contributed by atoms with van der Waals surface area (Å²) >= 11 is 7.25. The van der Waals surface area contributed by atoms with E-state index in [4.69, 9.17) is 17.2 Å². The van der Waals surface area contributed by atoms with Gasteiger partial charge in [-0.2, -0.15) is 0 Å². The van der Waals surface area contributed by atoms with Crippen LogP contribution in [0, 0.1) is 0 Å². The minimum Gasteiger partial charge on any atom is -0.360 e. The van der Waals surface area contributed by atoms with Crippen molar-refractivity contribution in [3.63, 3.8) is 0 Å². The van der Waals surface area contributed by atoms with E-state index in [1.807, 2.05) is 0 Å². The molecule has 6 nitrogen and oxygen atoms in total. The van der Waals surface area contributed by atoms with Gasteiger partial charge in [0.1, 0.15) is 11.4 Å². The predicted molar refractivity (Wildman–Crippen MR) is 112 cm³/mol. The Morgan fingerprint density at radius 1 is 1.30 bits per heavy atom. The molecule has 1 saturated carbocycles. The lowest BCUT2D eigenvalue weighted by Gasteiger charge is -2.33. The van der Waals surface area contributed by atoms with Gasteiger partial charge in [-0.05, 0) is 56.3 Å². The number of aryl methyl sites for hydroxylation is 2. The molecular formula is C19H26N5OS2+. The third-order valence-corrected chi connectivity index (χ3v) is 7.52. The maximum Gasteiger partial charge on any atom is 0.260 e. The van der Waals surface area contributed by atoms with E-state index in [0.29, 0.717) is 6.04 Å². The van der Waals surface area contributed by atoms with Crippen LogP contribution in [0.3, 0.4) is 0 Å². The molecule has 3 heterocycles. The van der Waals surface area contributed by atoms with E-state index in [2.05, 4.69) is 15.2 Å². The highest BCUT2D eigenvalue weighted by Crippen LogP contribution is 2.33. The Morgan fingerprint density at radius 2 is 2.07 bits per heavy atom. The number of hydrogen-bond acceptors (Lipinski definition) is 4. The molecule has 0 spiro atoms. The molecule has 0 aromatic carbocycles. The van der Waals surface area contributed by atoms with Crippen molar-refractivity contribution < 1.29 is 4.90 Å². The summed E-state index contributed by atoms with van der Waals surface area (Å²) in [7, 11) is 0. The number of fused-ring (bicyclic) bond motifs is 3. The molecule has 144 valence electrons. The van der Waals surface area contributed by atoms with Gasteiger partial charge in [-0.25, -0.2) is 4.98 Å². The summed E-state index contributed by atoms with van der Waals surface area (Å²) in [5.74, 6) is 0.827. The van der Waals surface area contributed by atoms with E-state index in [1.54, 1.807) is 11.3 Å². The summed E-state index contributed by atoms with van der Waals surface area (Å²) in [6.07, 6.45) is 7.05. The van der Waals surface area contributed by atoms with Crippen LogP contribution >= 0.6 is 23.6 Å². The van der Waals surface area contributed by atoms with Crippen LogP contribution in [0.2, 0.25) is 0 Å². The number of quaternary nitrogens is 1. The fourth-order valence-electron chi connectivity index (χ4n) is 4.23. The summed E-state index contributed by atoms with van der Waals surface area (Å²) in [4.78, 5) is 26.7. The first-order valence-corrected chi connectivity index (χ1v) is 11.3. The molecule has 0 amide bonds. The molecule has 1 aliphatic heterocycles. The van der Waals surface area contributed by atoms with E-state index in [0.717, 1.165) is 66.7 Å². The second-order valence-electron chi connectivity index (χ2n) is 8.04. The van der Waals surface area contributed by atoms with Gasteiger partial charge in [-0.3, -0.25) is 4.79 Å². The molecule has 2 aromatic heterocycles. The number of nitrogens with one attached hydrogen (secondary N) is 3. The van der Waals surface area contributed by atoms with Gasteiger partial charge in [-0.1, -0.05) is 0 Å². The Hall–Kier alpha value is -1.51. The Labute approximate surface area is 168 Å². The highest BCUT2D eigenvalue weighted by molar-refractivity contribution is 7.80. The van der Waals surface area contributed by atoms with E-state index < -0.39 is 0 Å². The van der Waals surface area contributed by atoms with Crippen molar-refractivity contribution >= 4 is 38.9 Å². The second-order valence-corrected chi connectivity index (χ2v) is 9.51. The second kappa shape index (κ2) is 7.14. The van der Waals surface area contributed by atoms with Crippen LogP contribution in [-0.4, -0.2) is 52.2 Å². The zero-order valence-corrected chi connectivity index (χ0v) is 17.1. The van der Waals surface area contributed by atoms with Gasteiger partial charge in [0.05, 0.1) is 31.6 Å². The molecule has 5 rings (SSSR count). The maximum atomic E-state index is 12.7. The van der Waals surface area contributed by atoms with E-state index in [9.17, 15) is 4.79 Å². The van der Waals surface area contributed by atoms with Crippen molar-refractivity contribution in [3.8, 4) is 0 Å². The molecular weight excluding hydrogens is 378 g/mol. The number of hydrogen-bond donors (Lipinski definition) is 3. The number of aromatic amines is 1. The van der Waals surface area contributed by atoms with Crippen molar-refractivity contribution in [2.45, 2.75) is 51.1 Å². The molecule has 3 aliphatic rings. The zero-order valence-electron chi connectivity index (χ0n) is 15.5. The van der Waals surface area contributed by atoms with Crippen molar-refractivity contribution in [1.29, 1.82) is 0 Å². The minimum absolute atomic E-state index is 0.0576. The van der Waals surface area contributed by atoms with Gasteiger partial charge in [0.2, 0.25) is 0 Å². The van der Waals surface area contributed by atoms with Crippen LogP contribution < -0.4 is 15.8 Å². The van der Waals surface area contributed by atoms with Crippen molar-refractivity contribution in [2.24, 2.45) is 0 Å². The summed E-state index contributed by atoms with van der Waals surface area (Å²) in [6, 6.07) is 0.612. The molecule has 8 heteroatoms. The van der Waals surface area contributed by atoms with Crippen molar-refractivity contribution in [2.75, 3.05) is 26.2 Å². The number of nitrogens with zero attached hydrogens (tertiary/aromatic N) is 2. The third kappa shape index (κ3) is 3.62. The fourth-order valence-corrected chi connectivity index (χ4v) is 5.86. The van der Waals surface area contributed by atoms with Crippen molar-refractivity contribution in [1.82, 2.24) is 20.2 Å². The zero-order chi connectivity index (χ0) is 18.4. The van der Waals surface area contributed by atoms with Crippen LogP contribution in [0.4, 0.5) is 0 Å². The number of rotatable bonds is 3. The van der Waals surface area contributed by atoms with Gasteiger partial charge in [0.25, 0.3) is 5.56 Å². The van der Waals surface area contributed by atoms with Gasteiger partial charge in [-0.15, -0.1) is 11.3 Å². The quantitative estimate of drug-likeness (QED) is 0.654. The first-order chi connectivity index (χ1) is 13.2. The number of thiophene rings is 1. The van der Waals surface area contributed by atoms with Crippen LogP contribution in [0.5, 0.6) is 0 Å². The molecule has 0 unspecified atom stereocenters. The lowest BCUT2D eigenvalue weighted by molar-refractivity contribution is -0.918. The van der Waals surface area contributed by atoms with Gasteiger partial charge in [0, 0.05) is 10.9 Å². The molecule has 0 radical (unpaired) electrons. The number of H-pyrrole nitrogens is 1. The summed E-state index contributed by atoms with van der Waals surface area (Å²) in [6.45, 7) is 4.76. The molecule has 27 heavy (non-hydrogen) atoms. The monoisotopic (exact) mass is 404 g/mol. The molecule has 2 aliphatic carbocycles. The molecule has 1 saturated heterocycles. The third-order valence-electron chi connectivity index (χ3n) is 5.95. The summed E-state index contributed by atoms with van der Waals surface area (Å²) in [5, 5.41) is 5.20. The van der Waals surface area contributed by atoms with Crippen molar-refractivity contribution in [3.05, 3.63) is 26.6 Å². The first kappa shape index (κ1) is 17.6. The number of aromatic nitrogens is 2. The first-order valence-electron chi connectivity index (χ1n) is 10.1. The van der Waals surface area contributed by atoms with E-state index >= 15 is 0 Å². The summed E-state index contributed by atoms with van der Waals surface area (Å²) in [5.41, 5.74) is 1.32. The average molecular weight is 405 g/mol. The van der Waals surface area contributed by atoms with Crippen LogP contribution in [0.25, 0.3) is 10.2 Å². The highest BCUT2D eigenvalue weighted by atomic mass is 32.1. The van der Waals surface area contributed by atoms with E-state index in [-0.39, 0.29) is 5.56 Å². The van der Waals surface area contributed by atoms with Crippen LogP contribution in [-0.2, 0) is 19.4 Å². The molecule has 0 bridgehead atoms. The minimum atomic E-state index is 0.0576. The van der Waals surface area contributed by atoms with E-state index in [1.165, 1.54) is 41.0 Å². The SMILES string of the molecule is O=c1[nH]c(C[NH+]2CCN(C(=S)NC3CC3)CC2)nc2sc3c(c12)CCCC3. The average Bonchev–Trinajstić information content (AvgIpc) is 3.39. The fraction of sp³-hybridized carbons (Fsp3) is 0.632. The number of piperazine rings is 1. The Morgan fingerprint density at radius 3 is 2.85 bits per heavy atom. The molecule has 0 atom stereocenters. The van der Waals surface area contributed by atoms with Gasteiger partial charge >= 0.3 is 0 Å². The van der Waals surface area contributed by atoms with Crippen LogP contribution in [0.1, 0.15) is 41.9 Å². The topological polar surface area (TPSA) is 65.5 Å². The lowest BCUT2D eigenvalue weighted by Crippen LogP contribution is -3.13. The Kier molecular flexibility index (Phi) is 4.65. The Bertz CT molecular complexity index is 924. The maximum absolute atomic E-state index is 12.7. The predicted octanol–water partition coefficient (Wildman–Crippen LogP) is 0.601. The van der Waals surface area contributed by atoms with Gasteiger partial charge < -0.3 is 20.1 Å². The molecule has 3 N–H and O–H groups in total. The molecule has 2 aromatic rings. The Balaban J connectivity index is 1.26. The lowest BCUT2D eigenvalue weighted by atomic mass is 9.97. The number of thiocarbonyl (C=S) groups is 1. The smallest absolute Gasteiger partial charge is 0.260 e. The summed E-state index contributed by atoms with van der Waals surface area (Å²) < 4.78 is 0. The van der Waals surface area contributed by atoms with Gasteiger partial charge in [0.15, 0.2) is 10.9 Å². The largest absolute Gasteiger partial charge is 0.360 e.